The molecule has 8 heteroatoms. The maximum Gasteiger partial charge on any atom is 0.393 e. The van der Waals surface area contributed by atoms with Gasteiger partial charge in [-0.2, -0.15) is 13.2 Å². The zero-order chi connectivity index (χ0) is 14.6. The number of aromatic nitrogens is 2. The highest BCUT2D eigenvalue weighted by Crippen LogP contribution is 2.36. The average Bonchev–Trinajstić information content (AvgIpc) is 2.88. The van der Waals surface area contributed by atoms with Crippen LogP contribution in [0, 0.1) is 5.92 Å². The van der Waals surface area contributed by atoms with E-state index >= 15 is 0 Å². The highest BCUT2D eigenvalue weighted by atomic mass is 32.1. The first-order valence-corrected chi connectivity index (χ1v) is 7.60. The van der Waals surface area contributed by atoms with Crippen molar-refractivity contribution in [1.29, 1.82) is 0 Å². The molecule has 2 atom stereocenters. The molecule has 0 amide bonds. The quantitative estimate of drug-likeness (QED) is 0.923. The Morgan fingerprint density at radius 1 is 1.33 bits per heavy atom. The Bertz CT molecular complexity index is 672. The molecule has 2 saturated heterocycles. The summed E-state index contributed by atoms with van der Waals surface area (Å²) in [7, 11) is 0. The zero-order valence-electron chi connectivity index (χ0n) is 11.0. The first-order valence-electron chi connectivity index (χ1n) is 6.78. The lowest BCUT2D eigenvalue weighted by atomic mass is 9.96. The highest BCUT2D eigenvalue weighted by Gasteiger charge is 2.40. The van der Waals surface area contributed by atoms with Crippen molar-refractivity contribution in [2.45, 2.75) is 18.6 Å². The number of rotatable bonds is 2. The summed E-state index contributed by atoms with van der Waals surface area (Å²) < 4.78 is 37.6. The third-order valence-corrected chi connectivity index (χ3v) is 5.16. The number of thiophene rings is 1. The van der Waals surface area contributed by atoms with Crippen LogP contribution >= 0.6 is 11.3 Å². The number of nitrogens with zero attached hydrogens (tertiary/aromatic N) is 3. The molecule has 0 spiro atoms. The Kier molecular flexibility index (Phi) is 2.87. The number of alkyl halides is 3. The molecule has 2 aromatic heterocycles. The van der Waals surface area contributed by atoms with Crippen LogP contribution in [-0.2, 0) is 6.42 Å². The van der Waals surface area contributed by atoms with Gasteiger partial charge >= 0.3 is 6.18 Å². The molecule has 4 heterocycles. The molecule has 2 fully saturated rings. The molecule has 0 aromatic carbocycles. The second-order valence-corrected chi connectivity index (χ2v) is 6.72. The van der Waals surface area contributed by atoms with Gasteiger partial charge in [-0.1, -0.05) is 0 Å². The van der Waals surface area contributed by atoms with Gasteiger partial charge in [0, 0.05) is 36.5 Å². The van der Waals surface area contributed by atoms with Crippen molar-refractivity contribution in [3.05, 3.63) is 17.3 Å². The molecule has 2 aromatic rings. The molecule has 4 rings (SSSR count). The number of fused-ring (bicyclic) bond motifs is 2. The second-order valence-electron chi connectivity index (χ2n) is 5.60. The van der Waals surface area contributed by atoms with Crippen LogP contribution in [0.2, 0.25) is 0 Å². The minimum absolute atomic E-state index is 0.291. The summed E-state index contributed by atoms with van der Waals surface area (Å²) in [5.41, 5.74) is 0. The summed E-state index contributed by atoms with van der Waals surface area (Å²) in [6.45, 7) is 2.79. The molecule has 4 nitrogen and oxygen atoms in total. The summed E-state index contributed by atoms with van der Waals surface area (Å²) in [6.07, 6.45) is -3.65. The van der Waals surface area contributed by atoms with E-state index in [1.165, 1.54) is 6.33 Å². The van der Waals surface area contributed by atoms with Gasteiger partial charge in [0.1, 0.15) is 17.0 Å². The fraction of sp³-hybridized carbons (Fsp3) is 0.538. The Labute approximate surface area is 123 Å². The standard InChI is InChI=1S/C13H13F3N4S/c14-13(15,16)2-8-1-9-11(18-6-19-12(9)21-8)20-4-7-3-17-10(7)5-20/h1,6-7,10,17H,2-5H2/t7-,10+/m0/s1. The molecule has 1 N–H and O–H groups in total. The molecule has 112 valence electrons. The van der Waals surface area contributed by atoms with Crippen LogP contribution in [0.15, 0.2) is 12.4 Å². The van der Waals surface area contributed by atoms with Crippen LogP contribution < -0.4 is 10.2 Å². The third kappa shape index (κ3) is 2.36. The minimum Gasteiger partial charge on any atom is -0.354 e. The van der Waals surface area contributed by atoms with Gasteiger partial charge < -0.3 is 10.2 Å². The first-order chi connectivity index (χ1) is 9.99. The van der Waals surface area contributed by atoms with Crippen LogP contribution in [0.1, 0.15) is 4.88 Å². The smallest absolute Gasteiger partial charge is 0.354 e. The van der Waals surface area contributed by atoms with E-state index in [0.717, 1.165) is 42.2 Å². The molecule has 0 aliphatic carbocycles. The summed E-state index contributed by atoms with van der Waals surface area (Å²) >= 11 is 1.10. The SMILES string of the molecule is FC(F)(F)Cc1cc2c(N3C[C@@H]4CN[C@@H]4C3)ncnc2s1. The third-order valence-electron chi connectivity index (χ3n) is 4.12. The number of hydrogen-bond acceptors (Lipinski definition) is 5. The van der Waals surface area contributed by atoms with Crippen LogP contribution in [-0.4, -0.2) is 41.8 Å². The second kappa shape index (κ2) is 4.54. The maximum absolute atomic E-state index is 12.5. The monoisotopic (exact) mass is 314 g/mol. The molecular formula is C13H13F3N4S. The van der Waals surface area contributed by atoms with Crippen LogP contribution in [0.5, 0.6) is 0 Å². The molecule has 0 bridgehead atoms. The fourth-order valence-electron chi connectivity index (χ4n) is 3.05. The van der Waals surface area contributed by atoms with Crippen molar-refractivity contribution in [2.75, 3.05) is 24.5 Å². The van der Waals surface area contributed by atoms with Crippen molar-refractivity contribution in [3.63, 3.8) is 0 Å². The van der Waals surface area contributed by atoms with Crippen molar-refractivity contribution in [3.8, 4) is 0 Å². The van der Waals surface area contributed by atoms with E-state index in [2.05, 4.69) is 20.2 Å². The van der Waals surface area contributed by atoms with Gasteiger partial charge in [0.2, 0.25) is 0 Å². The lowest BCUT2D eigenvalue weighted by Gasteiger charge is -2.29. The lowest BCUT2D eigenvalue weighted by Crippen LogP contribution is -2.51. The highest BCUT2D eigenvalue weighted by molar-refractivity contribution is 7.18. The van der Waals surface area contributed by atoms with Gasteiger partial charge in [-0.25, -0.2) is 9.97 Å². The van der Waals surface area contributed by atoms with Gasteiger partial charge in [-0.05, 0) is 6.07 Å². The number of anilines is 1. The molecule has 0 unspecified atom stereocenters. The summed E-state index contributed by atoms with van der Waals surface area (Å²) in [6, 6.07) is 2.08. The normalized spacial score (nSPS) is 25.2. The van der Waals surface area contributed by atoms with Gasteiger partial charge in [-0.3, -0.25) is 0 Å². The summed E-state index contributed by atoms with van der Waals surface area (Å²) in [5.74, 6) is 1.39. The van der Waals surface area contributed by atoms with Gasteiger partial charge in [0.15, 0.2) is 0 Å². The average molecular weight is 314 g/mol. The maximum atomic E-state index is 12.5. The molecule has 0 radical (unpaired) electrons. The number of halogens is 3. The van der Waals surface area contributed by atoms with E-state index in [0.29, 0.717) is 21.7 Å². The van der Waals surface area contributed by atoms with Crippen molar-refractivity contribution >= 4 is 27.4 Å². The van der Waals surface area contributed by atoms with E-state index < -0.39 is 12.6 Å². The number of nitrogens with one attached hydrogen (secondary N) is 1. The van der Waals surface area contributed by atoms with E-state index in [1.54, 1.807) is 6.07 Å². The largest absolute Gasteiger partial charge is 0.393 e. The van der Waals surface area contributed by atoms with E-state index in [4.69, 9.17) is 0 Å². The van der Waals surface area contributed by atoms with Gasteiger partial charge in [-0.15, -0.1) is 11.3 Å². The topological polar surface area (TPSA) is 41.0 Å². The molecule has 21 heavy (non-hydrogen) atoms. The Morgan fingerprint density at radius 2 is 2.19 bits per heavy atom. The van der Waals surface area contributed by atoms with Crippen molar-refractivity contribution in [2.24, 2.45) is 5.92 Å². The van der Waals surface area contributed by atoms with Gasteiger partial charge in [0.05, 0.1) is 11.8 Å². The van der Waals surface area contributed by atoms with E-state index in [9.17, 15) is 13.2 Å². The Morgan fingerprint density at radius 3 is 2.81 bits per heavy atom. The fourth-order valence-corrected chi connectivity index (χ4v) is 4.08. The van der Waals surface area contributed by atoms with Crippen molar-refractivity contribution in [1.82, 2.24) is 15.3 Å². The molecule has 0 saturated carbocycles. The minimum atomic E-state index is -4.19. The van der Waals surface area contributed by atoms with Crippen LogP contribution in [0.3, 0.4) is 0 Å². The van der Waals surface area contributed by atoms with E-state index in [1.807, 2.05) is 0 Å². The van der Waals surface area contributed by atoms with Crippen LogP contribution in [0.25, 0.3) is 10.2 Å². The van der Waals surface area contributed by atoms with Crippen molar-refractivity contribution < 1.29 is 13.2 Å². The van der Waals surface area contributed by atoms with Crippen LogP contribution in [0.4, 0.5) is 19.0 Å². The summed E-state index contributed by atoms with van der Waals surface area (Å²) in [5, 5.41) is 4.10. The predicted octanol–water partition coefficient (Wildman–Crippen LogP) is 2.20. The first kappa shape index (κ1) is 13.3. The van der Waals surface area contributed by atoms with E-state index in [-0.39, 0.29) is 0 Å². The Balaban J connectivity index is 1.69. The number of hydrogen-bond donors (Lipinski definition) is 1. The predicted molar refractivity (Wildman–Crippen MR) is 74.7 cm³/mol. The summed E-state index contributed by atoms with van der Waals surface area (Å²) in [4.78, 5) is 11.5. The molecular weight excluding hydrogens is 301 g/mol. The zero-order valence-corrected chi connectivity index (χ0v) is 11.8. The molecule has 2 aliphatic rings. The van der Waals surface area contributed by atoms with Gasteiger partial charge in [0.25, 0.3) is 0 Å². The lowest BCUT2D eigenvalue weighted by molar-refractivity contribution is -0.126. The Hall–Kier alpha value is -1.41. The molecule has 2 aliphatic heterocycles.